The number of nitrogens with one attached hydrogen (secondary N) is 1. The normalized spacial score (nSPS) is 10.7. The summed E-state index contributed by atoms with van der Waals surface area (Å²) in [5.74, 6) is 1.82. The molecule has 0 aliphatic heterocycles. The predicted molar refractivity (Wildman–Crippen MR) is 161 cm³/mol. The summed E-state index contributed by atoms with van der Waals surface area (Å²) < 4.78 is 11.8. The number of thiazole rings is 1. The standard InChI is InChI=1S/C31H26N4O3S2/c1-3-38-23-13-14-26-28(17-23)40-31(34-26)35-29(36)15-16-39-30-25(19-32)24(20-9-11-22(37-2)12-10-20)18-27(33-30)21-7-5-4-6-8-21/h4-14,17-18H,3,15-16H2,1-2H3,(H,34,35,36). The molecule has 0 aliphatic rings. The SMILES string of the molecule is CCOc1ccc2nc(NC(=O)CCSc3nc(-c4ccccc4)cc(-c4ccc(OC)cc4)c3C#N)sc2c1. The summed E-state index contributed by atoms with van der Waals surface area (Å²) in [6.45, 7) is 2.53. The molecular formula is C31H26N4O3S2. The van der Waals surface area contributed by atoms with Crippen LogP contribution in [0.4, 0.5) is 5.13 Å². The molecule has 0 bridgehead atoms. The number of methoxy groups -OCH3 is 1. The molecule has 1 amide bonds. The summed E-state index contributed by atoms with van der Waals surface area (Å²) in [4.78, 5) is 22.1. The molecule has 5 rings (SSSR count). The number of anilines is 1. The fourth-order valence-corrected chi connectivity index (χ4v) is 5.98. The minimum absolute atomic E-state index is 0.148. The summed E-state index contributed by atoms with van der Waals surface area (Å²) in [6.07, 6.45) is 0.241. The fourth-order valence-electron chi connectivity index (χ4n) is 4.13. The third-order valence-electron chi connectivity index (χ3n) is 6.05. The van der Waals surface area contributed by atoms with E-state index >= 15 is 0 Å². The van der Waals surface area contributed by atoms with Gasteiger partial charge in [0.15, 0.2) is 5.13 Å². The smallest absolute Gasteiger partial charge is 0.226 e. The second kappa shape index (κ2) is 12.6. The highest BCUT2D eigenvalue weighted by Crippen LogP contribution is 2.35. The number of pyridine rings is 1. The maximum Gasteiger partial charge on any atom is 0.226 e. The van der Waals surface area contributed by atoms with Crippen LogP contribution in [0.3, 0.4) is 0 Å². The Morgan fingerprint density at radius 1 is 1.00 bits per heavy atom. The number of ether oxygens (including phenoxy) is 2. The van der Waals surface area contributed by atoms with Crippen molar-refractivity contribution < 1.29 is 14.3 Å². The van der Waals surface area contributed by atoms with Crippen molar-refractivity contribution in [2.24, 2.45) is 0 Å². The third-order valence-corrected chi connectivity index (χ3v) is 7.96. The van der Waals surface area contributed by atoms with Crippen molar-refractivity contribution in [2.45, 2.75) is 18.4 Å². The zero-order valence-corrected chi connectivity index (χ0v) is 23.6. The highest BCUT2D eigenvalue weighted by molar-refractivity contribution is 7.99. The zero-order chi connectivity index (χ0) is 27.9. The molecule has 3 aromatic carbocycles. The average molecular weight is 567 g/mol. The van der Waals surface area contributed by atoms with Gasteiger partial charge in [0.25, 0.3) is 0 Å². The van der Waals surface area contributed by atoms with E-state index in [2.05, 4.69) is 16.4 Å². The lowest BCUT2D eigenvalue weighted by Crippen LogP contribution is -2.12. The zero-order valence-electron chi connectivity index (χ0n) is 22.0. The topological polar surface area (TPSA) is 97.1 Å². The Labute approximate surface area is 240 Å². The van der Waals surface area contributed by atoms with Gasteiger partial charge in [-0.2, -0.15) is 5.26 Å². The number of carbonyl (C=O) groups excluding carboxylic acids is 1. The van der Waals surface area contributed by atoms with E-state index in [1.54, 1.807) is 7.11 Å². The van der Waals surface area contributed by atoms with Crippen LogP contribution in [0.15, 0.2) is 83.9 Å². The first-order valence-electron chi connectivity index (χ1n) is 12.7. The molecule has 200 valence electrons. The maximum absolute atomic E-state index is 12.8. The number of hydrogen-bond acceptors (Lipinski definition) is 8. The number of carbonyl (C=O) groups is 1. The summed E-state index contributed by atoms with van der Waals surface area (Å²) in [7, 11) is 1.62. The summed E-state index contributed by atoms with van der Waals surface area (Å²) in [5.41, 5.74) is 4.67. The molecule has 9 heteroatoms. The summed E-state index contributed by atoms with van der Waals surface area (Å²) in [6, 6.07) is 27.4. The molecule has 0 spiro atoms. The van der Waals surface area contributed by atoms with E-state index in [1.165, 1.54) is 23.1 Å². The van der Waals surface area contributed by atoms with Gasteiger partial charge in [-0.3, -0.25) is 4.79 Å². The van der Waals surface area contributed by atoms with Crippen LogP contribution in [0, 0.1) is 11.3 Å². The molecule has 40 heavy (non-hydrogen) atoms. The largest absolute Gasteiger partial charge is 0.497 e. The second-order valence-electron chi connectivity index (χ2n) is 8.67. The van der Waals surface area contributed by atoms with Crippen LogP contribution in [-0.2, 0) is 4.79 Å². The quantitative estimate of drug-likeness (QED) is 0.176. The Balaban J connectivity index is 1.34. The lowest BCUT2D eigenvalue weighted by molar-refractivity contribution is -0.115. The van der Waals surface area contributed by atoms with E-state index in [0.29, 0.717) is 28.1 Å². The van der Waals surface area contributed by atoms with Gasteiger partial charge in [0.05, 0.1) is 35.2 Å². The fraction of sp³-hybridized carbons (Fsp3) is 0.161. The van der Waals surface area contributed by atoms with Gasteiger partial charge in [0.2, 0.25) is 5.91 Å². The lowest BCUT2D eigenvalue weighted by atomic mass is 9.99. The predicted octanol–water partition coefficient (Wildman–Crippen LogP) is 7.43. The molecule has 7 nitrogen and oxygen atoms in total. The highest BCUT2D eigenvalue weighted by atomic mass is 32.2. The molecule has 2 aromatic heterocycles. The average Bonchev–Trinajstić information content (AvgIpc) is 3.38. The number of aromatic nitrogens is 2. The van der Waals surface area contributed by atoms with Crippen molar-refractivity contribution in [1.29, 1.82) is 5.26 Å². The van der Waals surface area contributed by atoms with Gasteiger partial charge in [-0.15, -0.1) is 11.8 Å². The van der Waals surface area contributed by atoms with Crippen molar-refractivity contribution >= 4 is 44.4 Å². The molecule has 2 heterocycles. The molecule has 0 saturated heterocycles. The first-order chi connectivity index (χ1) is 19.6. The van der Waals surface area contributed by atoms with Crippen LogP contribution in [0.2, 0.25) is 0 Å². The minimum Gasteiger partial charge on any atom is -0.497 e. The molecule has 0 atom stereocenters. The first kappa shape index (κ1) is 27.2. The van der Waals surface area contributed by atoms with Crippen molar-refractivity contribution in [1.82, 2.24) is 9.97 Å². The number of benzene rings is 3. The van der Waals surface area contributed by atoms with E-state index in [0.717, 1.165) is 44.1 Å². The van der Waals surface area contributed by atoms with Crippen LogP contribution in [0.1, 0.15) is 18.9 Å². The molecule has 0 unspecified atom stereocenters. The van der Waals surface area contributed by atoms with Gasteiger partial charge < -0.3 is 14.8 Å². The number of nitrogens with zero attached hydrogens (tertiary/aromatic N) is 3. The van der Waals surface area contributed by atoms with Crippen LogP contribution in [0.5, 0.6) is 11.5 Å². The summed E-state index contributed by atoms with van der Waals surface area (Å²) >= 11 is 2.80. The lowest BCUT2D eigenvalue weighted by Gasteiger charge is -2.13. The number of thioether (sulfide) groups is 1. The van der Waals surface area contributed by atoms with E-state index in [9.17, 15) is 10.1 Å². The van der Waals surface area contributed by atoms with Gasteiger partial charge in [-0.05, 0) is 48.9 Å². The molecule has 0 aliphatic carbocycles. The minimum atomic E-state index is -0.148. The van der Waals surface area contributed by atoms with Crippen LogP contribution >= 0.6 is 23.1 Å². The Hall–Kier alpha value is -4.39. The molecule has 0 fully saturated rings. The van der Waals surface area contributed by atoms with Crippen molar-refractivity contribution in [3.05, 3.63) is 84.4 Å². The van der Waals surface area contributed by atoms with Gasteiger partial charge in [-0.1, -0.05) is 53.8 Å². The highest BCUT2D eigenvalue weighted by Gasteiger charge is 2.17. The molecule has 5 aromatic rings. The van der Waals surface area contributed by atoms with Crippen molar-refractivity contribution in [3.8, 4) is 40.0 Å². The Morgan fingerprint density at radius 2 is 1.77 bits per heavy atom. The number of amides is 1. The van der Waals surface area contributed by atoms with Crippen LogP contribution in [-0.4, -0.2) is 35.3 Å². The van der Waals surface area contributed by atoms with E-state index < -0.39 is 0 Å². The molecule has 0 saturated carbocycles. The van der Waals surface area contributed by atoms with Gasteiger partial charge in [-0.25, -0.2) is 9.97 Å². The molecule has 1 N–H and O–H groups in total. The van der Waals surface area contributed by atoms with E-state index in [4.69, 9.17) is 14.5 Å². The monoisotopic (exact) mass is 566 g/mol. The number of fused-ring (bicyclic) bond motifs is 1. The van der Waals surface area contributed by atoms with Crippen LogP contribution in [0.25, 0.3) is 32.6 Å². The summed E-state index contributed by atoms with van der Waals surface area (Å²) in [5, 5.41) is 14.2. The second-order valence-corrected chi connectivity index (χ2v) is 10.8. The first-order valence-corrected chi connectivity index (χ1v) is 14.5. The van der Waals surface area contributed by atoms with E-state index in [-0.39, 0.29) is 12.3 Å². The van der Waals surface area contributed by atoms with Gasteiger partial charge >= 0.3 is 0 Å². The van der Waals surface area contributed by atoms with Crippen LogP contribution < -0.4 is 14.8 Å². The van der Waals surface area contributed by atoms with Crippen molar-refractivity contribution in [2.75, 3.05) is 24.8 Å². The Morgan fingerprint density at radius 3 is 2.50 bits per heavy atom. The van der Waals surface area contributed by atoms with E-state index in [1.807, 2.05) is 85.8 Å². The molecule has 0 radical (unpaired) electrons. The number of nitriles is 1. The molecular weight excluding hydrogens is 541 g/mol. The Bertz CT molecular complexity index is 1680. The number of hydrogen-bond donors (Lipinski definition) is 1. The maximum atomic E-state index is 12.8. The third kappa shape index (κ3) is 6.25. The Kier molecular flexibility index (Phi) is 8.59. The number of rotatable bonds is 10. The van der Waals surface area contributed by atoms with Crippen molar-refractivity contribution in [3.63, 3.8) is 0 Å². The van der Waals surface area contributed by atoms with Gasteiger partial charge in [0.1, 0.15) is 22.6 Å². The van der Waals surface area contributed by atoms with Gasteiger partial charge in [0, 0.05) is 23.3 Å².